The molecule has 0 bridgehead atoms. The number of fused-ring (bicyclic) bond motifs is 1. The summed E-state index contributed by atoms with van der Waals surface area (Å²) in [6.07, 6.45) is 2.19. The van der Waals surface area contributed by atoms with E-state index in [4.69, 9.17) is 15.2 Å². The van der Waals surface area contributed by atoms with Crippen LogP contribution in [-0.2, 0) is 22.7 Å². The number of benzene rings is 2. The van der Waals surface area contributed by atoms with E-state index >= 15 is 0 Å². The Morgan fingerprint density at radius 3 is 2.44 bits per heavy atom. The van der Waals surface area contributed by atoms with Gasteiger partial charge in [-0.15, -0.1) is 0 Å². The minimum absolute atomic E-state index is 0.0192. The number of hydrogen-bond donors (Lipinski definition) is 2. The lowest BCUT2D eigenvalue weighted by molar-refractivity contribution is -0.0122. The quantitative estimate of drug-likeness (QED) is 0.391. The number of aromatic nitrogens is 4. The third-order valence-corrected chi connectivity index (χ3v) is 6.31. The third-order valence-electron chi connectivity index (χ3n) is 6.31. The summed E-state index contributed by atoms with van der Waals surface area (Å²) >= 11 is 0. The molecule has 8 heteroatoms. The molecule has 2 heterocycles. The van der Waals surface area contributed by atoms with Gasteiger partial charge in [0.05, 0.1) is 38.3 Å². The highest BCUT2D eigenvalue weighted by Crippen LogP contribution is 2.42. The minimum atomic E-state index is -0.357. The maximum atomic E-state index is 12.3. The van der Waals surface area contributed by atoms with Gasteiger partial charge in [0.15, 0.2) is 11.2 Å². The maximum Gasteiger partial charge on any atom is 0.280 e. The summed E-state index contributed by atoms with van der Waals surface area (Å²) < 4.78 is 14.3. The Morgan fingerprint density at radius 2 is 1.74 bits per heavy atom. The molecular weight excluding hydrogens is 430 g/mol. The van der Waals surface area contributed by atoms with Crippen molar-refractivity contribution in [3.05, 3.63) is 101 Å². The van der Waals surface area contributed by atoms with Crippen LogP contribution in [0.5, 0.6) is 0 Å². The van der Waals surface area contributed by atoms with Crippen LogP contribution in [0.1, 0.15) is 23.6 Å². The normalized spacial score (nSPS) is 20.2. The van der Waals surface area contributed by atoms with E-state index in [1.54, 1.807) is 6.33 Å². The first kappa shape index (κ1) is 22.1. The van der Waals surface area contributed by atoms with Gasteiger partial charge in [-0.3, -0.25) is 9.78 Å². The molecule has 0 amide bonds. The topological polar surface area (TPSA) is 108 Å². The summed E-state index contributed by atoms with van der Waals surface area (Å²) in [5.74, 6) is 0.0386. The number of ether oxygens (including phenoxy) is 2. The zero-order valence-corrected chi connectivity index (χ0v) is 18.8. The molecule has 34 heavy (non-hydrogen) atoms. The van der Waals surface area contributed by atoms with Crippen LogP contribution in [0.25, 0.3) is 11.2 Å². The molecule has 0 aliphatic heterocycles. The van der Waals surface area contributed by atoms with E-state index < -0.39 is 0 Å². The Labute approximate surface area is 197 Å². The summed E-state index contributed by atoms with van der Waals surface area (Å²) in [5, 5.41) is 0. The van der Waals surface area contributed by atoms with Crippen molar-refractivity contribution in [3.8, 4) is 0 Å². The van der Waals surface area contributed by atoms with Gasteiger partial charge in [-0.2, -0.15) is 4.98 Å². The molecule has 0 spiro atoms. The molecule has 3 atom stereocenters. The number of aromatic amines is 1. The summed E-state index contributed by atoms with van der Waals surface area (Å²) in [5.41, 5.74) is 9.33. The van der Waals surface area contributed by atoms with Crippen LogP contribution >= 0.6 is 0 Å². The molecule has 0 unspecified atom stereocenters. The lowest BCUT2D eigenvalue weighted by Crippen LogP contribution is -2.23. The highest BCUT2D eigenvalue weighted by molar-refractivity contribution is 5.71. The number of anilines is 1. The Hall–Kier alpha value is -3.75. The van der Waals surface area contributed by atoms with E-state index in [0.29, 0.717) is 31.9 Å². The molecule has 5 rings (SSSR count). The highest BCUT2D eigenvalue weighted by atomic mass is 16.5. The maximum absolute atomic E-state index is 12.3. The molecule has 1 aliphatic carbocycles. The van der Waals surface area contributed by atoms with Crippen LogP contribution in [0.2, 0.25) is 0 Å². The van der Waals surface area contributed by atoms with Gasteiger partial charge in [0.2, 0.25) is 5.95 Å². The predicted octanol–water partition coefficient (Wildman–Crippen LogP) is 3.62. The van der Waals surface area contributed by atoms with Crippen LogP contribution in [0.3, 0.4) is 0 Å². The number of nitrogens with two attached hydrogens (primary N) is 1. The summed E-state index contributed by atoms with van der Waals surface area (Å²) in [4.78, 5) is 23.4. The molecule has 1 aliphatic rings. The fourth-order valence-corrected chi connectivity index (χ4v) is 4.54. The van der Waals surface area contributed by atoms with Crippen molar-refractivity contribution >= 4 is 17.1 Å². The molecule has 8 nitrogen and oxygen atoms in total. The average molecular weight is 458 g/mol. The molecule has 4 aromatic rings. The van der Waals surface area contributed by atoms with E-state index in [9.17, 15) is 4.79 Å². The zero-order chi connectivity index (χ0) is 23.5. The minimum Gasteiger partial charge on any atom is -0.376 e. The summed E-state index contributed by atoms with van der Waals surface area (Å²) in [6, 6.07) is 20.0. The predicted molar refractivity (Wildman–Crippen MR) is 130 cm³/mol. The molecule has 1 saturated carbocycles. The SMILES string of the molecule is C=C1[C@@H](COCc2ccccc2)[C@@H](OCc2ccccc2)C[C@H]1n1cnc2c(=O)[nH]c(N)nc21. The smallest absolute Gasteiger partial charge is 0.280 e. The second-order valence-electron chi connectivity index (χ2n) is 8.54. The van der Waals surface area contributed by atoms with E-state index in [2.05, 4.69) is 21.5 Å². The van der Waals surface area contributed by atoms with Crippen LogP contribution in [-0.4, -0.2) is 32.2 Å². The van der Waals surface area contributed by atoms with E-state index in [0.717, 1.165) is 16.7 Å². The molecular formula is C26H27N5O3. The van der Waals surface area contributed by atoms with Gasteiger partial charge in [0.1, 0.15) is 0 Å². The van der Waals surface area contributed by atoms with Crippen molar-refractivity contribution in [2.45, 2.75) is 31.8 Å². The summed E-state index contributed by atoms with van der Waals surface area (Å²) in [7, 11) is 0. The van der Waals surface area contributed by atoms with E-state index in [1.165, 1.54) is 0 Å². The first-order valence-corrected chi connectivity index (χ1v) is 11.3. The molecule has 1 fully saturated rings. The Bertz CT molecular complexity index is 1330. The summed E-state index contributed by atoms with van der Waals surface area (Å²) in [6.45, 7) is 5.89. The Morgan fingerprint density at radius 1 is 1.06 bits per heavy atom. The first-order chi connectivity index (χ1) is 16.6. The average Bonchev–Trinajstić information content (AvgIpc) is 3.40. The van der Waals surface area contributed by atoms with Gasteiger partial charge >= 0.3 is 0 Å². The van der Waals surface area contributed by atoms with Crippen molar-refractivity contribution < 1.29 is 9.47 Å². The lowest BCUT2D eigenvalue weighted by Gasteiger charge is -2.21. The number of nitrogens with zero attached hydrogens (tertiary/aromatic N) is 3. The zero-order valence-electron chi connectivity index (χ0n) is 18.8. The van der Waals surface area contributed by atoms with Gasteiger partial charge in [-0.25, -0.2) is 4.98 Å². The third kappa shape index (κ3) is 4.50. The van der Waals surface area contributed by atoms with Crippen LogP contribution < -0.4 is 11.3 Å². The molecule has 174 valence electrons. The van der Waals surface area contributed by atoms with Crippen LogP contribution in [0.4, 0.5) is 5.95 Å². The standard InChI is InChI=1S/C26H27N5O3/c1-17-20(15-33-13-18-8-4-2-5-9-18)22(34-14-19-10-6-3-7-11-19)12-21(17)31-16-28-23-24(31)29-26(27)30-25(23)32/h2-11,16,20-22H,1,12-15H2,(H3,27,29,30,32)/t20-,21-,22+/m1/s1. The molecule has 2 aromatic carbocycles. The molecule has 3 N–H and O–H groups in total. The monoisotopic (exact) mass is 457 g/mol. The van der Waals surface area contributed by atoms with Crippen molar-refractivity contribution in [1.29, 1.82) is 0 Å². The van der Waals surface area contributed by atoms with Gasteiger partial charge in [0.25, 0.3) is 5.56 Å². The van der Waals surface area contributed by atoms with Gasteiger partial charge < -0.3 is 19.8 Å². The number of nitrogen functional groups attached to an aromatic ring is 1. The number of nitrogens with one attached hydrogen (secondary N) is 1. The molecule has 0 saturated heterocycles. The number of hydrogen-bond acceptors (Lipinski definition) is 6. The lowest BCUT2D eigenvalue weighted by atomic mass is 10.0. The second kappa shape index (κ2) is 9.62. The molecule has 0 radical (unpaired) electrons. The number of H-pyrrole nitrogens is 1. The Kier molecular flexibility index (Phi) is 6.24. The van der Waals surface area contributed by atoms with Gasteiger partial charge in [-0.05, 0) is 23.1 Å². The van der Waals surface area contributed by atoms with Crippen LogP contribution in [0, 0.1) is 5.92 Å². The highest BCUT2D eigenvalue weighted by Gasteiger charge is 2.40. The second-order valence-corrected chi connectivity index (χ2v) is 8.54. The first-order valence-electron chi connectivity index (χ1n) is 11.3. The largest absolute Gasteiger partial charge is 0.376 e. The molecule has 2 aromatic heterocycles. The van der Waals surface area contributed by atoms with E-state index in [1.807, 2.05) is 65.2 Å². The Balaban J connectivity index is 1.38. The fraction of sp³-hybridized carbons (Fsp3) is 0.269. The van der Waals surface area contributed by atoms with Gasteiger partial charge in [-0.1, -0.05) is 67.2 Å². The van der Waals surface area contributed by atoms with Crippen molar-refractivity contribution in [2.75, 3.05) is 12.3 Å². The number of imidazole rings is 1. The van der Waals surface area contributed by atoms with Crippen molar-refractivity contribution in [1.82, 2.24) is 19.5 Å². The van der Waals surface area contributed by atoms with Crippen LogP contribution in [0.15, 0.2) is 83.9 Å². The fourth-order valence-electron chi connectivity index (χ4n) is 4.54. The van der Waals surface area contributed by atoms with E-state index in [-0.39, 0.29) is 35.1 Å². The number of rotatable bonds is 8. The van der Waals surface area contributed by atoms with Gasteiger partial charge in [0, 0.05) is 5.92 Å². The van der Waals surface area contributed by atoms with Crippen molar-refractivity contribution in [2.24, 2.45) is 5.92 Å². The van der Waals surface area contributed by atoms with Crippen molar-refractivity contribution in [3.63, 3.8) is 0 Å².